The smallest absolute Gasteiger partial charge is 0.240 e. The third-order valence-corrected chi connectivity index (χ3v) is 4.66. The minimum absolute atomic E-state index is 0.254. The van der Waals surface area contributed by atoms with Crippen LogP contribution in [0.4, 0.5) is 0 Å². The number of rotatable bonds is 8. The SMILES string of the molecule is CCCCCNS(=O)(=O)c1ccc(Oc2ccccc2)cc1. The molecule has 0 bridgehead atoms. The summed E-state index contributed by atoms with van der Waals surface area (Å²) in [5, 5.41) is 0. The Labute approximate surface area is 132 Å². The summed E-state index contributed by atoms with van der Waals surface area (Å²) < 4.78 is 32.5. The summed E-state index contributed by atoms with van der Waals surface area (Å²) in [7, 11) is -3.44. The molecule has 2 aromatic carbocycles. The zero-order chi connectivity index (χ0) is 15.8. The average Bonchev–Trinajstić information content (AvgIpc) is 2.53. The molecule has 0 saturated heterocycles. The monoisotopic (exact) mass is 319 g/mol. The van der Waals surface area contributed by atoms with Crippen molar-refractivity contribution >= 4 is 10.0 Å². The van der Waals surface area contributed by atoms with Gasteiger partial charge in [0, 0.05) is 6.54 Å². The van der Waals surface area contributed by atoms with Crippen molar-refractivity contribution in [2.45, 2.75) is 31.1 Å². The predicted octanol–water partition coefficient (Wildman–Crippen LogP) is 3.95. The molecule has 0 amide bonds. The summed E-state index contributed by atoms with van der Waals surface area (Å²) in [6, 6.07) is 15.8. The van der Waals surface area contributed by atoms with Gasteiger partial charge >= 0.3 is 0 Å². The van der Waals surface area contributed by atoms with Crippen molar-refractivity contribution < 1.29 is 13.2 Å². The van der Waals surface area contributed by atoms with Gasteiger partial charge in [0.2, 0.25) is 10.0 Å². The lowest BCUT2D eigenvalue weighted by atomic mass is 10.3. The Balaban J connectivity index is 1.99. The highest BCUT2D eigenvalue weighted by atomic mass is 32.2. The fourth-order valence-corrected chi connectivity index (χ4v) is 3.05. The van der Waals surface area contributed by atoms with Crippen LogP contribution in [-0.2, 0) is 10.0 Å². The van der Waals surface area contributed by atoms with Gasteiger partial charge in [-0.2, -0.15) is 0 Å². The first-order valence-electron chi connectivity index (χ1n) is 7.44. The molecule has 0 aromatic heterocycles. The molecule has 4 nitrogen and oxygen atoms in total. The van der Waals surface area contributed by atoms with Gasteiger partial charge in [0.05, 0.1) is 4.90 Å². The molecule has 22 heavy (non-hydrogen) atoms. The Bertz CT molecular complexity index is 667. The number of nitrogens with one attached hydrogen (secondary N) is 1. The largest absolute Gasteiger partial charge is 0.457 e. The first-order chi connectivity index (χ1) is 10.6. The minimum Gasteiger partial charge on any atom is -0.457 e. The maximum atomic E-state index is 12.1. The van der Waals surface area contributed by atoms with Gasteiger partial charge in [-0.15, -0.1) is 0 Å². The lowest BCUT2D eigenvalue weighted by Crippen LogP contribution is -2.24. The molecule has 0 spiro atoms. The molecule has 5 heteroatoms. The second-order valence-electron chi connectivity index (χ2n) is 4.99. The van der Waals surface area contributed by atoms with Crippen molar-refractivity contribution in [3.8, 4) is 11.5 Å². The first kappa shape index (κ1) is 16.5. The van der Waals surface area contributed by atoms with Crippen molar-refractivity contribution in [2.24, 2.45) is 0 Å². The molecule has 0 atom stereocenters. The topological polar surface area (TPSA) is 55.4 Å². The van der Waals surface area contributed by atoms with E-state index in [1.807, 2.05) is 30.3 Å². The number of unbranched alkanes of at least 4 members (excludes halogenated alkanes) is 2. The molecule has 0 aliphatic rings. The van der Waals surface area contributed by atoms with Gasteiger partial charge < -0.3 is 4.74 Å². The highest BCUT2D eigenvalue weighted by Crippen LogP contribution is 2.22. The van der Waals surface area contributed by atoms with Crippen molar-refractivity contribution in [3.63, 3.8) is 0 Å². The molecule has 118 valence electrons. The first-order valence-corrected chi connectivity index (χ1v) is 8.93. The Morgan fingerprint density at radius 1 is 0.909 bits per heavy atom. The van der Waals surface area contributed by atoms with Gasteiger partial charge in [0.15, 0.2) is 0 Å². The van der Waals surface area contributed by atoms with Gasteiger partial charge in [-0.3, -0.25) is 0 Å². The third-order valence-electron chi connectivity index (χ3n) is 3.19. The lowest BCUT2D eigenvalue weighted by molar-refractivity contribution is 0.482. The molecule has 0 fully saturated rings. The molecule has 2 rings (SSSR count). The molecule has 0 unspecified atom stereocenters. The second kappa shape index (κ2) is 7.96. The van der Waals surface area contributed by atoms with E-state index < -0.39 is 10.0 Å². The Morgan fingerprint density at radius 3 is 2.18 bits per heavy atom. The molecular formula is C17H21NO3S. The highest BCUT2D eigenvalue weighted by molar-refractivity contribution is 7.89. The van der Waals surface area contributed by atoms with E-state index in [4.69, 9.17) is 4.74 Å². The van der Waals surface area contributed by atoms with Crippen molar-refractivity contribution in [1.29, 1.82) is 0 Å². The van der Waals surface area contributed by atoms with Crippen LogP contribution in [0.1, 0.15) is 26.2 Å². The Kier molecular flexibility index (Phi) is 5.98. The van der Waals surface area contributed by atoms with Crippen molar-refractivity contribution in [3.05, 3.63) is 54.6 Å². The van der Waals surface area contributed by atoms with Crippen LogP contribution >= 0.6 is 0 Å². The van der Waals surface area contributed by atoms with Gasteiger partial charge in [0.25, 0.3) is 0 Å². The van der Waals surface area contributed by atoms with E-state index in [-0.39, 0.29) is 4.90 Å². The molecule has 1 N–H and O–H groups in total. The van der Waals surface area contributed by atoms with Crippen LogP contribution in [0.3, 0.4) is 0 Å². The van der Waals surface area contributed by atoms with E-state index in [0.717, 1.165) is 25.0 Å². The lowest BCUT2D eigenvalue weighted by Gasteiger charge is -2.08. The minimum atomic E-state index is -3.44. The van der Waals surface area contributed by atoms with Gasteiger partial charge in [-0.1, -0.05) is 38.0 Å². The zero-order valence-corrected chi connectivity index (χ0v) is 13.5. The Hall–Kier alpha value is -1.85. The number of hydrogen-bond acceptors (Lipinski definition) is 3. The fourth-order valence-electron chi connectivity index (χ4n) is 1.98. The number of hydrogen-bond donors (Lipinski definition) is 1. The number of para-hydroxylation sites is 1. The van der Waals surface area contributed by atoms with E-state index in [2.05, 4.69) is 11.6 Å². The van der Waals surface area contributed by atoms with E-state index in [1.165, 1.54) is 0 Å². The molecule has 0 aliphatic heterocycles. The number of ether oxygens (including phenoxy) is 1. The summed E-state index contributed by atoms with van der Waals surface area (Å²) in [6.45, 7) is 2.55. The molecule has 0 radical (unpaired) electrons. The molecule has 0 heterocycles. The summed E-state index contributed by atoms with van der Waals surface area (Å²) in [6.07, 6.45) is 2.94. The summed E-state index contributed by atoms with van der Waals surface area (Å²) in [5.74, 6) is 1.33. The summed E-state index contributed by atoms with van der Waals surface area (Å²) >= 11 is 0. The number of sulfonamides is 1. The fraction of sp³-hybridized carbons (Fsp3) is 0.294. The molecule has 0 saturated carbocycles. The Morgan fingerprint density at radius 2 is 1.55 bits per heavy atom. The van der Waals surface area contributed by atoms with Crippen LogP contribution in [0.15, 0.2) is 59.5 Å². The van der Waals surface area contributed by atoms with Crippen molar-refractivity contribution in [1.82, 2.24) is 4.72 Å². The van der Waals surface area contributed by atoms with Crippen LogP contribution in [0.2, 0.25) is 0 Å². The maximum Gasteiger partial charge on any atom is 0.240 e. The van der Waals surface area contributed by atoms with Crippen LogP contribution in [0.5, 0.6) is 11.5 Å². The standard InChI is InChI=1S/C17H21NO3S/c1-2-3-7-14-18-22(19,20)17-12-10-16(11-13-17)21-15-8-5-4-6-9-15/h4-6,8-13,18H,2-3,7,14H2,1H3. The highest BCUT2D eigenvalue weighted by Gasteiger charge is 2.13. The van der Waals surface area contributed by atoms with Crippen molar-refractivity contribution in [2.75, 3.05) is 6.54 Å². The molecule has 0 aliphatic carbocycles. The summed E-state index contributed by atoms with van der Waals surface area (Å²) in [4.78, 5) is 0.254. The predicted molar refractivity (Wildman–Crippen MR) is 87.7 cm³/mol. The van der Waals surface area contributed by atoms with Crippen LogP contribution in [0.25, 0.3) is 0 Å². The normalized spacial score (nSPS) is 11.3. The molecule has 2 aromatic rings. The van der Waals surface area contributed by atoms with Crippen LogP contribution < -0.4 is 9.46 Å². The quantitative estimate of drug-likeness (QED) is 0.750. The third kappa shape index (κ3) is 4.86. The van der Waals surface area contributed by atoms with Crippen LogP contribution in [-0.4, -0.2) is 15.0 Å². The van der Waals surface area contributed by atoms with E-state index in [1.54, 1.807) is 24.3 Å². The van der Waals surface area contributed by atoms with E-state index in [0.29, 0.717) is 12.3 Å². The van der Waals surface area contributed by atoms with Crippen LogP contribution in [0, 0.1) is 0 Å². The summed E-state index contributed by atoms with van der Waals surface area (Å²) in [5.41, 5.74) is 0. The maximum absolute atomic E-state index is 12.1. The zero-order valence-electron chi connectivity index (χ0n) is 12.7. The molecular weight excluding hydrogens is 298 g/mol. The second-order valence-corrected chi connectivity index (χ2v) is 6.76. The van der Waals surface area contributed by atoms with Gasteiger partial charge in [-0.25, -0.2) is 13.1 Å². The van der Waals surface area contributed by atoms with E-state index in [9.17, 15) is 8.42 Å². The van der Waals surface area contributed by atoms with Gasteiger partial charge in [-0.05, 0) is 42.8 Å². The number of benzene rings is 2. The van der Waals surface area contributed by atoms with E-state index >= 15 is 0 Å². The van der Waals surface area contributed by atoms with Gasteiger partial charge in [0.1, 0.15) is 11.5 Å². The average molecular weight is 319 g/mol.